The molecule has 0 bridgehead atoms. The van der Waals surface area contributed by atoms with Crippen molar-refractivity contribution in [1.29, 1.82) is 0 Å². The van der Waals surface area contributed by atoms with Crippen molar-refractivity contribution in [1.82, 2.24) is 5.32 Å². The van der Waals surface area contributed by atoms with Gasteiger partial charge >= 0.3 is 0 Å². The van der Waals surface area contributed by atoms with Crippen molar-refractivity contribution in [2.45, 2.75) is 50.9 Å². The minimum Gasteiger partial charge on any atom is -0.376 e. The second-order valence-electron chi connectivity index (χ2n) is 4.38. The predicted octanol–water partition coefficient (Wildman–Crippen LogP) is 1.32. The summed E-state index contributed by atoms with van der Waals surface area (Å²) >= 11 is 0. The summed E-state index contributed by atoms with van der Waals surface area (Å²) in [6.07, 6.45) is 5.79. The summed E-state index contributed by atoms with van der Waals surface area (Å²) in [4.78, 5) is 0. The Hall–Kier alpha value is -0.120. The van der Waals surface area contributed by atoms with Gasteiger partial charge in [0.05, 0.1) is 19.3 Å². The molecule has 0 spiro atoms. The van der Waals surface area contributed by atoms with E-state index in [1.165, 1.54) is 25.7 Å². The average Bonchev–Trinajstić information content (AvgIpc) is 2.56. The molecule has 2 rings (SSSR count). The molecule has 14 heavy (non-hydrogen) atoms. The van der Waals surface area contributed by atoms with Crippen LogP contribution < -0.4 is 5.32 Å². The largest absolute Gasteiger partial charge is 0.376 e. The highest BCUT2D eigenvalue weighted by Crippen LogP contribution is 2.24. The van der Waals surface area contributed by atoms with Gasteiger partial charge in [0.1, 0.15) is 6.10 Å². The molecule has 0 aromatic rings. The summed E-state index contributed by atoms with van der Waals surface area (Å²) in [5, 5.41) is 3.56. The highest BCUT2D eigenvalue weighted by molar-refractivity contribution is 4.82. The molecule has 1 saturated heterocycles. The molecule has 2 fully saturated rings. The van der Waals surface area contributed by atoms with Gasteiger partial charge in [-0.05, 0) is 32.2 Å². The van der Waals surface area contributed by atoms with Crippen LogP contribution in [0.2, 0.25) is 0 Å². The van der Waals surface area contributed by atoms with Gasteiger partial charge in [-0.25, -0.2) is 0 Å². The van der Waals surface area contributed by atoms with Gasteiger partial charge in [-0.2, -0.15) is 0 Å². The topological polar surface area (TPSA) is 30.5 Å². The maximum atomic E-state index is 5.89. The zero-order valence-electron chi connectivity index (χ0n) is 9.00. The molecule has 1 N–H and O–H groups in total. The first-order valence-corrected chi connectivity index (χ1v) is 5.85. The lowest BCUT2D eigenvalue weighted by atomic mass is 10.2. The van der Waals surface area contributed by atoms with Crippen LogP contribution in [0.15, 0.2) is 0 Å². The summed E-state index contributed by atoms with van der Waals surface area (Å²) < 4.78 is 11.0. The van der Waals surface area contributed by atoms with Gasteiger partial charge in [-0.15, -0.1) is 0 Å². The second kappa shape index (κ2) is 5.10. The van der Waals surface area contributed by atoms with Crippen molar-refractivity contribution in [2.75, 3.05) is 19.8 Å². The van der Waals surface area contributed by atoms with Crippen LogP contribution in [0.3, 0.4) is 0 Å². The molecule has 0 aromatic carbocycles. The van der Waals surface area contributed by atoms with E-state index in [9.17, 15) is 0 Å². The molecule has 1 saturated carbocycles. The Balaban J connectivity index is 1.61. The Kier molecular flexibility index (Phi) is 3.79. The maximum Gasteiger partial charge on any atom is 0.104 e. The molecule has 0 amide bonds. The van der Waals surface area contributed by atoms with Gasteiger partial charge in [0.15, 0.2) is 0 Å². The van der Waals surface area contributed by atoms with E-state index in [0.29, 0.717) is 18.2 Å². The van der Waals surface area contributed by atoms with Gasteiger partial charge in [-0.1, -0.05) is 6.92 Å². The molecule has 3 nitrogen and oxygen atoms in total. The summed E-state index contributed by atoms with van der Waals surface area (Å²) in [7, 11) is 0. The summed E-state index contributed by atoms with van der Waals surface area (Å²) in [5.74, 6) is 0. The van der Waals surface area contributed by atoms with Crippen LogP contribution in [0, 0.1) is 0 Å². The number of ether oxygens (including phenoxy) is 2. The van der Waals surface area contributed by atoms with Crippen molar-refractivity contribution >= 4 is 0 Å². The third-order valence-electron chi connectivity index (χ3n) is 3.06. The molecule has 2 atom stereocenters. The molecular weight excluding hydrogens is 178 g/mol. The Morgan fingerprint density at radius 2 is 2.14 bits per heavy atom. The maximum absolute atomic E-state index is 5.89. The number of nitrogens with one attached hydrogen (secondary N) is 1. The number of rotatable bonds is 5. The van der Waals surface area contributed by atoms with E-state index >= 15 is 0 Å². The molecule has 0 aromatic heterocycles. The van der Waals surface area contributed by atoms with Crippen molar-refractivity contribution in [2.24, 2.45) is 0 Å². The summed E-state index contributed by atoms with van der Waals surface area (Å²) in [6.45, 7) is 4.97. The van der Waals surface area contributed by atoms with Gasteiger partial charge in [-0.3, -0.25) is 0 Å². The van der Waals surface area contributed by atoms with Crippen LogP contribution in [-0.4, -0.2) is 38.0 Å². The van der Waals surface area contributed by atoms with Crippen LogP contribution in [-0.2, 0) is 9.47 Å². The normalized spacial score (nSPS) is 33.2. The van der Waals surface area contributed by atoms with Gasteiger partial charge < -0.3 is 14.8 Å². The molecule has 82 valence electrons. The Labute approximate surface area is 86.2 Å². The van der Waals surface area contributed by atoms with E-state index in [1.54, 1.807) is 0 Å². The van der Waals surface area contributed by atoms with E-state index in [-0.39, 0.29) is 0 Å². The monoisotopic (exact) mass is 199 g/mol. The average molecular weight is 199 g/mol. The zero-order chi connectivity index (χ0) is 9.80. The fraction of sp³-hybridized carbons (Fsp3) is 1.00. The standard InChI is InChI=1S/C11H21NO2/c1-2-5-12-9-3-4-10(6-9)14-11-7-13-8-11/h9-12H,2-8H2,1H3. The molecule has 3 heteroatoms. The summed E-state index contributed by atoms with van der Waals surface area (Å²) in [6, 6.07) is 0.695. The Morgan fingerprint density at radius 3 is 2.79 bits per heavy atom. The zero-order valence-corrected chi connectivity index (χ0v) is 9.00. The van der Waals surface area contributed by atoms with Crippen LogP contribution in [0.1, 0.15) is 32.6 Å². The highest BCUT2D eigenvalue weighted by atomic mass is 16.6. The molecule has 2 unspecified atom stereocenters. The number of hydrogen-bond acceptors (Lipinski definition) is 3. The smallest absolute Gasteiger partial charge is 0.104 e. The third-order valence-corrected chi connectivity index (χ3v) is 3.06. The van der Waals surface area contributed by atoms with Gasteiger partial charge in [0, 0.05) is 6.04 Å². The first-order valence-electron chi connectivity index (χ1n) is 5.85. The van der Waals surface area contributed by atoms with Crippen molar-refractivity contribution in [3.63, 3.8) is 0 Å². The van der Waals surface area contributed by atoms with Crippen molar-refractivity contribution in [3.05, 3.63) is 0 Å². The first kappa shape index (κ1) is 10.4. The lowest BCUT2D eigenvalue weighted by Crippen LogP contribution is -2.39. The fourth-order valence-corrected chi connectivity index (χ4v) is 2.16. The first-order chi connectivity index (χ1) is 6.88. The molecular formula is C11H21NO2. The molecule has 0 radical (unpaired) electrons. The second-order valence-corrected chi connectivity index (χ2v) is 4.38. The van der Waals surface area contributed by atoms with E-state index in [0.717, 1.165) is 19.8 Å². The highest BCUT2D eigenvalue weighted by Gasteiger charge is 2.29. The Morgan fingerprint density at radius 1 is 1.29 bits per heavy atom. The van der Waals surface area contributed by atoms with Gasteiger partial charge in [0.2, 0.25) is 0 Å². The quantitative estimate of drug-likeness (QED) is 0.724. The minimum atomic E-state index is 0.393. The predicted molar refractivity (Wildman–Crippen MR) is 55.4 cm³/mol. The van der Waals surface area contributed by atoms with Crippen LogP contribution in [0.4, 0.5) is 0 Å². The lowest BCUT2D eigenvalue weighted by Gasteiger charge is -2.29. The van der Waals surface area contributed by atoms with Gasteiger partial charge in [0.25, 0.3) is 0 Å². The molecule has 1 aliphatic carbocycles. The van der Waals surface area contributed by atoms with Crippen LogP contribution in [0.25, 0.3) is 0 Å². The van der Waals surface area contributed by atoms with E-state index in [4.69, 9.17) is 9.47 Å². The molecule has 1 heterocycles. The third kappa shape index (κ3) is 2.69. The van der Waals surface area contributed by atoms with Crippen molar-refractivity contribution < 1.29 is 9.47 Å². The van der Waals surface area contributed by atoms with E-state index in [1.807, 2.05) is 0 Å². The van der Waals surface area contributed by atoms with E-state index < -0.39 is 0 Å². The van der Waals surface area contributed by atoms with Crippen LogP contribution in [0.5, 0.6) is 0 Å². The van der Waals surface area contributed by atoms with E-state index in [2.05, 4.69) is 12.2 Å². The molecule has 2 aliphatic rings. The van der Waals surface area contributed by atoms with Crippen molar-refractivity contribution in [3.8, 4) is 0 Å². The van der Waals surface area contributed by atoms with Crippen LogP contribution >= 0.6 is 0 Å². The fourth-order valence-electron chi connectivity index (χ4n) is 2.16. The number of hydrogen-bond donors (Lipinski definition) is 1. The SMILES string of the molecule is CCCNC1CCC(OC2COC2)C1. The lowest BCUT2D eigenvalue weighted by molar-refractivity contribution is -0.152. The molecule has 1 aliphatic heterocycles. The Bertz CT molecular complexity index is 171. The minimum absolute atomic E-state index is 0.393. The summed E-state index contributed by atoms with van der Waals surface area (Å²) in [5.41, 5.74) is 0.